The summed E-state index contributed by atoms with van der Waals surface area (Å²) in [4.78, 5) is 11.2. The van der Waals surface area contributed by atoms with E-state index in [2.05, 4.69) is 5.32 Å². The molecule has 5 nitrogen and oxygen atoms in total. The first-order valence-electron chi connectivity index (χ1n) is 4.12. The first kappa shape index (κ1) is 10.3. The van der Waals surface area contributed by atoms with E-state index in [1.54, 1.807) is 13.0 Å². The highest BCUT2D eigenvalue weighted by molar-refractivity contribution is 5.91. The van der Waals surface area contributed by atoms with Crippen LogP contribution >= 0.6 is 0 Å². The highest BCUT2D eigenvalue weighted by Crippen LogP contribution is 2.22. The van der Waals surface area contributed by atoms with Crippen molar-refractivity contribution in [3.63, 3.8) is 0 Å². The average Bonchev–Trinajstić information content (AvgIpc) is 2.19. The summed E-state index contributed by atoms with van der Waals surface area (Å²) in [6, 6.07) is 4.23. The lowest BCUT2D eigenvalue weighted by molar-refractivity contribution is 0.248. The number of hydrogen-bond acceptors (Lipinski definition) is 3. The van der Waals surface area contributed by atoms with Crippen molar-refractivity contribution >= 4 is 11.7 Å². The number of carbonyl (C=O) groups excluding carboxylic acids is 1. The molecular weight excluding hydrogens is 182 g/mol. The van der Waals surface area contributed by atoms with E-state index in [4.69, 9.17) is 5.84 Å². The third kappa shape index (κ3) is 1.94. The number of rotatable bonds is 1. The number of carbonyl (C=O) groups is 1. The predicted octanol–water partition coefficient (Wildman–Crippen LogP) is 0.720. The number of hydrazine groups is 1. The fourth-order valence-corrected chi connectivity index (χ4v) is 1.09. The normalized spacial score (nSPS) is 9.64. The Morgan fingerprint density at radius 1 is 1.57 bits per heavy atom. The molecule has 0 heterocycles. The van der Waals surface area contributed by atoms with Gasteiger partial charge in [0.15, 0.2) is 0 Å². The van der Waals surface area contributed by atoms with Gasteiger partial charge < -0.3 is 10.4 Å². The van der Waals surface area contributed by atoms with Crippen molar-refractivity contribution in [1.82, 2.24) is 5.32 Å². The molecule has 76 valence electrons. The SMILES string of the molecule is CNC(=O)N(N)c1cc(O)ccc1C. The fourth-order valence-electron chi connectivity index (χ4n) is 1.09. The first-order valence-corrected chi connectivity index (χ1v) is 4.12. The van der Waals surface area contributed by atoms with Gasteiger partial charge in [-0.05, 0) is 18.6 Å². The Kier molecular flexibility index (Phi) is 2.93. The molecule has 0 atom stereocenters. The van der Waals surface area contributed by atoms with E-state index >= 15 is 0 Å². The molecule has 0 fully saturated rings. The summed E-state index contributed by atoms with van der Waals surface area (Å²) >= 11 is 0. The third-order valence-corrected chi connectivity index (χ3v) is 1.88. The smallest absolute Gasteiger partial charge is 0.336 e. The van der Waals surface area contributed by atoms with Crippen molar-refractivity contribution in [2.24, 2.45) is 5.84 Å². The van der Waals surface area contributed by atoms with Crippen molar-refractivity contribution in [2.75, 3.05) is 12.1 Å². The van der Waals surface area contributed by atoms with Crippen LogP contribution < -0.4 is 16.2 Å². The lowest BCUT2D eigenvalue weighted by Crippen LogP contribution is -2.43. The van der Waals surface area contributed by atoms with Crippen LogP contribution in [0.3, 0.4) is 0 Å². The summed E-state index contributed by atoms with van der Waals surface area (Å²) in [5, 5.41) is 12.6. The maximum atomic E-state index is 11.2. The van der Waals surface area contributed by atoms with Gasteiger partial charge in [0.05, 0.1) is 5.69 Å². The summed E-state index contributed by atoms with van der Waals surface area (Å²) < 4.78 is 0. The number of urea groups is 1. The molecule has 0 aromatic heterocycles. The van der Waals surface area contributed by atoms with Crippen LogP contribution in [0.1, 0.15) is 5.56 Å². The number of nitrogens with two attached hydrogens (primary N) is 1. The monoisotopic (exact) mass is 195 g/mol. The average molecular weight is 195 g/mol. The second kappa shape index (κ2) is 3.97. The number of phenolic OH excluding ortho intramolecular Hbond substituents is 1. The number of benzene rings is 1. The zero-order valence-electron chi connectivity index (χ0n) is 8.11. The number of aryl methyl sites for hydroxylation is 1. The van der Waals surface area contributed by atoms with Crippen LogP contribution in [0.4, 0.5) is 10.5 Å². The molecule has 0 radical (unpaired) electrons. The molecule has 5 heteroatoms. The van der Waals surface area contributed by atoms with Gasteiger partial charge in [0, 0.05) is 13.1 Å². The number of hydrogen-bond donors (Lipinski definition) is 3. The van der Waals surface area contributed by atoms with E-state index in [0.717, 1.165) is 10.6 Å². The minimum Gasteiger partial charge on any atom is -0.508 e. The number of phenols is 1. The second-order valence-electron chi connectivity index (χ2n) is 2.90. The molecule has 0 saturated carbocycles. The largest absolute Gasteiger partial charge is 0.508 e. The zero-order chi connectivity index (χ0) is 10.7. The zero-order valence-corrected chi connectivity index (χ0v) is 8.11. The van der Waals surface area contributed by atoms with E-state index in [9.17, 15) is 9.90 Å². The van der Waals surface area contributed by atoms with E-state index in [1.807, 2.05) is 0 Å². The summed E-state index contributed by atoms with van der Waals surface area (Å²) in [5.74, 6) is 5.60. The van der Waals surface area contributed by atoms with Crippen LogP contribution in [0.5, 0.6) is 5.75 Å². The number of nitrogens with zero attached hydrogens (tertiary/aromatic N) is 1. The van der Waals surface area contributed by atoms with Crippen LogP contribution in [0, 0.1) is 6.92 Å². The Labute approximate surface area is 82.1 Å². The summed E-state index contributed by atoms with van der Waals surface area (Å²) in [7, 11) is 1.49. The number of aromatic hydroxyl groups is 1. The van der Waals surface area contributed by atoms with Crippen LogP contribution in [0.15, 0.2) is 18.2 Å². The van der Waals surface area contributed by atoms with Crippen molar-refractivity contribution < 1.29 is 9.90 Å². The van der Waals surface area contributed by atoms with Crippen LogP contribution in [-0.2, 0) is 0 Å². The number of amides is 2. The molecule has 0 spiro atoms. The predicted molar refractivity (Wildman–Crippen MR) is 54.0 cm³/mol. The molecule has 0 bridgehead atoms. The van der Waals surface area contributed by atoms with E-state index < -0.39 is 6.03 Å². The molecule has 1 rings (SSSR count). The standard InChI is InChI=1S/C9H13N3O2/c1-6-3-4-7(13)5-8(6)12(10)9(14)11-2/h3-5,13H,10H2,1-2H3,(H,11,14). The molecule has 0 aliphatic heterocycles. The summed E-state index contributed by atoms with van der Waals surface area (Å²) in [6.45, 7) is 1.80. The number of nitrogens with one attached hydrogen (secondary N) is 1. The van der Waals surface area contributed by atoms with Crippen molar-refractivity contribution in [3.05, 3.63) is 23.8 Å². The number of anilines is 1. The molecule has 14 heavy (non-hydrogen) atoms. The van der Waals surface area contributed by atoms with Crippen molar-refractivity contribution in [2.45, 2.75) is 6.92 Å². The maximum Gasteiger partial charge on any atom is 0.336 e. The molecule has 0 aliphatic rings. The van der Waals surface area contributed by atoms with Gasteiger partial charge in [-0.1, -0.05) is 6.07 Å². The molecule has 2 amide bonds. The van der Waals surface area contributed by atoms with E-state index in [0.29, 0.717) is 5.69 Å². The highest BCUT2D eigenvalue weighted by Gasteiger charge is 2.12. The Morgan fingerprint density at radius 2 is 2.21 bits per heavy atom. The lowest BCUT2D eigenvalue weighted by atomic mass is 10.2. The van der Waals surface area contributed by atoms with Crippen LogP contribution in [0.2, 0.25) is 0 Å². The fraction of sp³-hybridized carbons (Fsp3) is 0.222. The minimum absolute atomic E-state index is 0.0740. The van der Waals surface area contributed by atoms with Gasteiger partial charge in [-0.2, -0.15) is 0 Å². The molecule has 0 saturated heterocycles. The Bertz CT molecular complexity index is 352. The van der Waals surface area contributed by atoms with Crippen LogP contribution in [0.25, 0.3) is 0 Å². The van der Waals surface area contributed by atoms with Gasteiger partial charge in [-0.3, -0.25) is 0 Å². The third-order valence-electron chi connectivity index (χ3n) is 1.88. The van der Waals surface area contributed by atoms with Crippen molar-refractivity contribution in [3.8, 4) is 5.75 Å². The molecule has 1 aromatic carbocycles. The molecule has 4 N–H and O–H groups in total. The van der Waals surface area contributed by atoms with Gasteiger partial charge in [-0.15, -0.1) is 0 Å². The van der Waals surface area contributed by atoms with Gasteiger partial charge >= 0.3 is 6.03 Å². The van der Waals surface area contributed by atoms with Gasteiger partial charge in [0.1, 0.15) is 5.75 Å². The summed E-state index contributed by atoms with van der Waals surface area (Å²) in [5.41, 5.74) is 1.29. The summed E-state index contributed by atoms with van der Waals surface area (Å²) in [6.07, 6.45) is 0. The lowest BCUT2D eigenvalue weighted by Gasteiger charge is -2.18. The first-order chi connectivity index (χ1) is 6.56. The second-order valence-corrected chi connectivity index (χ2v) is 2.90. The quantitative estimate of drug-likeness (QED) is 0.351. The van der Waals surface area contributed by atoms with Gasteiger partial charge in [-0.25, -0.2) is 15.6 Å². The van der Waals surface area contributed by atoms with Crippen molar-refractivity contribution in [1.29, 1.82) is 0 Å². The maximum absolute atomic E-state index is 11.2. The highest BCUT2D eigenvalue weighted by atomic mass is 16.3. The molecule has 0 aliphatic carbocycles. The Morgan fingerprint density at radius 3 is 2.79 bits per heavy atom. The molecule has 1 aromatic rings. The molecule has 0 unspecified atom stereocenters. The van der Waals surface area contributed by atoms with Gasteiger partial charge in [0.2, 0.25) is 0 Å². The Hall–Kier alpha value is -1.75. The van der Waals surface area contributed by atoms with Gasteiger partial charge in [0.25, 0.3) is 0 Å². The Balaban J connectivity index is 3.05. The molecular formula is C9H13N3O2. The minimum atomic E-state index is -0.432. The van der Waals surface area contributed by atoms with Crippen LogP contribution in [-0.4, -0.2) is 18.2 Å². The van der Waals surface area contributed by atoms with E-state index in [-0.39, 0.29) is 5.75 Å². The topological polar surface area (TPSA) is 78.6 Å². The van der Waals surface area contributed by atoms with E-state index in [1.165, 1.54) is 19.2 Å².